The lowest BCUT2D eigenvalue weighted by molar-refractivity contribution is -0.240. The second kappa shape index (κ2) is 6.86. The standard InChI is InChI=1S/C30H50O/c1-20(19-31)21-11-16-27(4)22(21)12-17-29(6)24(27)9-10-25-28(5)15-8-14-26(2,3)23(28)13-18-30(25,29)7/h21-25,31H,1,8-19H2,2-7H3/t21-,22+,23+,24-,25-,27+,28+,29-,30-/m1/s1. The maximum atomic E-state index is 9.83. The molecular weight excluding hydrogens is 376 g/mol. The van der Waals surface area contributed by atoms with Crippen LogP contribution in [0.25, 0.3) is 0 Å². The summed E-state index contributed by atoms with van der Waals surface area (Å²) >= 11 is 0. The minimum atomic E-state index is 0.189. The zero-order chi connectivity index (χ0) is 22.4. The highest BCUT2D eigenvalue weighted by atomic mass is 16.3. The zero-order valence-corrected chi connectivity index (χ0v) is 21.5. The van der Waals surface area contributed by atoms with Crippen LogP contribution >= 0.6 is 0 Å². The second-order valence-electron chi connectivity index (χ2n) is 14.6. The third-order valence-electron chi connectivity index (χ3n) is 13.4. The Morgan fingerprint density at radius 3 is 1.97 bits per heavy atom. The Morgan fingerprint density at radius 1 is 0.710 bits per heavy atom. The third kappa shape index (κ3) is 2.71. The summed E-state index contributed by atoms with van der Waals surface area (Å²) < 4.78 is 0. The van der Waals surface area contributed by atoms with Crippen molar-refractivity contribution < 1.29 is 5.11 Å². The van der Waals surface area contributed by atoms with Crippen molar-refractivity contribution >= 4 is 0 Å². The van der Waals surface area contributed by atoms with Gasteiger partial charge in [0.2, 0.25) is 0 Å². The molecule has 0 radical (unpaired) electrons. The third-order valence-corrected chi connectivity index (χ3v) is 13.4. The number of hydrogen-bond donors (Lipinski definition) is 1. The van der Waals surface area contributed by atoms with Crippen LogP contribution in [0.5, 0.6) is 0 Å². The molecule has 5 rings (SSSR count). The summed E-state index contributed by atoms with van der Waals surface area (Å²) in [6.45, 7) is 20.6. The summed E-state index contributed by atoms with van der Waals surface area (Å²) in [5, 5.41) is 9.83. The topological polar surface area (TPSA) is 20.2 Å². The van der Waals surface area contributed by atoms with Crippen molar-refractivity contribution in [1.82, 2.24) is 0 Å². The first-order valence-corrected chi connectivity index (χ1v) is 13.7. The van der Waals surface area contributed by atoms with Crippen molar-refractivity contribution in [3.05, 3.63) is 12.2 Å². The monoisotopic (exact) mass is 426 g/mol. The highest BCUT2D eigenvalue weighted by Crippen LogP contribution is 2.77. The van der Waals surface area contributed by atoms with Gasteiger partial charge in [0.05, 0.1) is 6.61 Å². The number of rotatable bonds is 2. The Kier molecular flexibility index (Phi) is 4.98. The van der Waals surface area contributed by atoms with Gasteiger partial charge in [-0.2, -0.15) is 0 Å². The van der Waals surface area contributed by atoms with Gasteiger partial charge in [0.1, 0.15) is 0 Å². The average molecular weight is 427 g/mol. The van der Waals surface area contributed by atoms with E-state index in [1.807, 2.05) is 0 Å². The van der Waals surface area contributed by atoms with E-state index in [4.69, 9.17) is 0 Å². The molecule has 176 valence electrons. The van der Waals surface area contributed by atoms with E-state index in [2.05, 4.69) is 48.1 Å². The van der Waals surface area contributed by atoms with E-state index in [1.165, 1.54) is 70.6 Å². The van der Waals surface area contributed by atoms with Crippen LogP contribution < -0.4 is 0 Å². The molecule has 9 atom stereocenters. The molecule has 0 bridgehead atoms. The molecule has 0 aromatic heterocycles. The fourth-order valence-electron chi connectivity index (χ4n) is 11.9. The number of aliphatic hydroxyl groups is 1. The maximum absolute atomic E-state index is 9.83. The van der Waals surface area contributed by atoms with Crippen LogP contribution in [0.15, 0.2) is 12.2 Å². The van der Waals surface area contributed by atoms with E-state index in [9.17, 15) is 5.11 Å². The van der Waals surface area contributed by atoms with Gasteiger partial charge in [-0.3, -0.25) is 0 Å². The van der Waals surface area contributed by atoms with Gasteiger partial charge in [0, 0.05) is 0 Å². The molecule has 31 heavy (non-hydrogen) atoms. The van der Waals surface area contributed by atoms with Gasteiger partial charge < -0.3 is 5.11 Å². The van der Waals surface area contributed by atoms with Crippen LogP contribution in [0, 0.1) is 56.7 Å². The van der Waals surface area contributed by atoms with Gasteiger partial charge in [-0.25, -0.2) is 0 Å². The predicted molar refractivity (Wildman–Crippen MR) is 131 cm³/mol. The highest BCUT2D eigenvalue weighted by molar-refractivity contribution is 5.21. The lowest BCUT2D eigenvalue weighted by Crippen LogP contribution is -2.65. The number of hydrogen-bond acceptors (Lipinski definition) is 1. The van der Waals surface area contributed by atoms with Crippen molar-refractivity contribution in [2.75, 3.05) is 6.61 Å². The molecule has 0 unspecified atom stereocenters. The lowest BCUT2D eigenvalue weighted by Gasteiger charge is -2.73. The summed E-state index contributed by atoms with van der Waals surface area (Å²) in [6.07, 6.45) is 15.6. The van der Waals surface area contributed by atoms with E-state index in [0.717, 1.165) is 29.2 Å². The van der Waals surface area contributed by atoms with E-state index < -0.39 is 0 Å². The summed E-state index contributed by atoms with van der Waals surface area (Å²) in [6, 6.07) is 0. The maximum Gasteiger partial charge on any atom is 0.0641 e. The molecule has 1 heteroatoms. The minimum Gasteiger partial charge on any atom is -0.392 e. The summed E-state index contributed by atoms with van der Waals surface area (Å²) in [5.41, 5.74) is 3.62. The van der Waals surface area contributed by atoms with Crippen molar-refractivity contribution in [2.45, 2.75) is 112 Å². The molecule has 0 heterocycles. The molecule has 1 N–H and O–H groups in total. The predicted octanol–water partition coefficient (Wildman–Crippen LogP) is 8.03. The molecule has 5 aliphatic rings. The van der Waals surface area contributed by atoms with Crippen LogP contribution in [0.1, 0.15) is 112 Å². The van der Waals surface area contributed by atoms with E-state index in [1.54, 1.807) is 0 Å². The lowest BCUT2D eigenvalue weighted by atomic mass is 9.32. The molecule has 0 aromatic rings. The first kappa shape index (κ1) is 22.5. The summed E-state index contributed by atoms with van der Waals surface area (Å²) in [4.78, 5) is 0. The van der Waals surface area contributed by atoms with Gasteiger partial charge in [-0.1, -0.05) is 54.5 Å². The molecule has 0 aromatic carbocycles. The molecular formula is C30H50O. The second-order valence-corrected chi connectivity index (χ2v) is 14.6. The Labute approximate surface area is 192 Å². The van der Waals surface area contributed by atoms with E-state index >= 15 is 0 Å². The van der Waals surface area contributed by atoms with E-state index in [-0.39, 0.29) is 6.61 Å². The van der Waals surface area contributed by atoms with Crippen LogP contribution in [0.4, 0.5) is 0 Å². The molecule has 5 saturated carbocycles. The Hall–Kier alpha value is -0.300. The first-order valence-electron chi connectivity index (χ1n) is 13.7. The quantitative estimate of drug-likeness (QED) is 0.443. The summed E-state index contributed by atoms with van der Waals surface area (Å²) in [7, 11) is 0. The first-order chi connectivity index (χ1) is 14.4. The molecule has 5 fully saturated rings. The normalized spacial score (nSPS) is 55.5. The van der Waals surface area contributed by atoms with Gasteiger partial charge in [-0.05, 0) is 126 Å². The van der Waals surface area contributed by atoms with Crippen LogP contribution in [-0.2, 0) is 0 Å². The highest BCUT2D eigenvalue weighted by Gasteiger charge is 2.70. The van der Waals surface area contributed by atoms with Crippen molar-refractivity contribution in [1.29, 1.82) is 0 Å². The smallest absolute Gasteiger partial charge is 0.0641 e. The molecule has 0 spiro atoms. The SMILES string of the molecule is C=C(CO)[C@H]1CC[C@]2(C)[C@H]3CC[C@@H]4[C@@]5(C)CCCC(C)(C)[C@@H]5CC[C@@]4(C)[C@]3(C)CC[C@@H]12. The fourth-order valence-corrected chi connectivity index (χ4v) is 11.9. The van der Waals surface area contributed by atoms with Crippen molar-refractivity contribution in [2.24, 2.45) is 56.7 Å². The van der Waals surface area contributed by atoms with Gasteiger partial charge in [-0.15, -0.1) is 0 Å². The number of aliphatic hydroxyl groups excluding tert-OH is 1. The van der Waals surface area contributed by atoms with E-state index in [0.29, 0.717) is 33.0 Å². The zero-order valence-electron chi connectivity index (χ0n) is 21.5. The Balaban J connectivity index is 1.51. The molecule has 0 saturated heterocycles. The van der Waals surface area contributed by atoms with Crippen LogP contribution in [0.2, 0.25) is 0 Å². The van der Waals surface area contributed by atoms with Crippen molar-refractivity contribution in [3.8, 4) is 0 Å². The average Bonchev–Trinajstić information content (AvgIpc) is 3.04. The van der Waals surface area contributed by atoms with Gasteiger partial charge >= 0.3 is 0 Å². The molecule has 1 nitrogen and oxygen atoms in total. The molecule has 0 aliphatic heterocycles. The van der Waals surface area contributed by atoms with Crippen LogP contribution in [-0.4, -0.2) is 11.7 Å². The Morgan fingerprint density at radius 2 is 1.32 bits per heavy atom. The number of fused-ring (bicyclic) bond motifs is 7. The van der Waals surface area contributed by atoms with Crippen molar-refractivity contribution in [3.63, 3.8) is 0 Å². The van der Waals surface area contributed by atoms with Gasteiger partial charge in [0.25, 0.3) is 0 Å². The van der Waals surface area contributed by atoms with Crippen LogP contribution in [0.3, 0.4) is 0 Å². The molecule has 0 amide bonds. The fraction of sp³-hybridized carbons (Fsp3) is 0.933. The Bertz CT molecular complexity index is 752. The molecule has 5 aliphatic carbocycles. The minimum absolute atomic E-state index is 0.189. The largest absolute Gasteiger partial charge is 0.392 e. The summed E-state index contributed by atoms with van der Waals surface area (Å²) in [5.74, 6) is 4.00. The van der Waals surface area contributed by atoms with Gasteiger partial charge in [0.15, 0.2) is 0 Å².